The minimum absolute atomic E-state index is 0.0236. The smallest absolute Gasteiger partial charge is 0.310 e. The molecule has 0 atom stereocenters. The van der Waals surface area contributed by atoms with Crippen molar-refractivity contribution in [2.45, 2.75) is 13.8 Å². The van der Waals surface area contributed by atoms with Crippen molar-refractivity contribution in [2.24, 2.45) is 5.10 Å². The Bertz CT molecular complexity index is 1060. The van der Waals surface area contributed by atoms with Gasteiger partial charge in [-0.1, -0.05) is 18.2 Å². The third-order valence-electron chi connectivity index (χ3n) is 4.16. The van der Waals surface area contributed by atoms with E-state index in [4.69, 9.17) is 4.74 Å². The van der Waals surface area contributed by atoms with Gasteiger partial charge in [0.15, 0.2) is 12.4 Å². The average molecular weight is 393 g/mol. The van der Waals surface area contributed by atoms with E-state index >= 15 is 0 Å². The van der Waals surface area contributed by atoms with Gasteiger partial charge in [0.1, 0.15) is 5.82 Å². The van der Waals surface area contributed by atoms with Crippen LogP contribution in [0.3, 0.4) is 0 Å². The molecule has 9 heteroatoms. The summed E-state index contributed by atoms with van der Waals surface area (Å²) in [5.41, 5.74) is 4.89. The molecule has 3 rings (SSSR count). The van der Waals surface area contributed by atoms with Gasteiger partial charge in [0.25, 0.3) is 5.91 Å². The molecule has 0 aliphatic rings. The van der Waals surface area contributed by atoms with Gasteiger partial charge < -0.3 is 9.30 Å². The third-order valence-corrected chi connectivity index (χ3v) is 4.16. The molecule has 0 aliphatic carbocycles. The van der Waals surface area contributed by atoms with Gasteiger partial charge in [0.2, 0.25) is 0 Å². The molecule has 9 nitrogen and oxygen atoms in total. The highest BCUT2D eigenvalue weighted by atomic mass is 16.6. The Morgan fingerprint density at radius 1 is 1.28 bits per heavy atom. The van der Waals surface area contributed by atoms with E-state index < -0.39 is 17.4 Å². The molecular weight excluding hydrogens is 374 g/mol. The number of amides is 1. The predicted octanol–water partition coefficient (Wildman–Crippen LogP) is 2.93. The minimum atomic E-state index is -0.567. The maximum atomic E-state index is 11.9. The van der Waals surface area contributed by atoms with Gasteiger partial charge in [-0.3, -0.25) is 14.9 Å². The van der Waals surface area contributed by atoms with Crippen LogP contribution in [0.4, 0.5) is 5.69 Å². The number of nitro benzene ring substituents is 1. The molecule has 1 aromatic carbocycles. The van der Waals surface area contributed by atoms with Crippen LogP contribution in [0.2, 0.25) is 0 Å². The lowest BCUT2D eigenvalue weighted by atomic mass is 10.3. The van der Waals surface area contributed by atoms with E-state index in [1.165, 1.54) is 24.4 Å². The lowest BCUT2D eigenvalue weighted by Gasteiger charge is -2.07. The normalized spacial score (nSPS) is 10.8. The van der Waals surface area contributed by atoms with Crippen molar-refractivity contribution in [1.82, 2.24) is 15.0 Å². The fraction of sp³-hybridized carbons (Fsp3) is 0.150. The average Bonchev–Trinajstić information content (AvgIpc) is 3.00. The molecule has 3 aromatic rings. The number of aryl methyl sites for hydroxylation is 1. The van der Waals surface area contributed by atoms with E-state index in [1.54, 1.807) is 12.3 Å². The number of rotatable bonds is 7. The molecule has 1 N–H and O–H groups in total. The predicted molar refractivity (Wildman–Crippen MR) is 107 cm³/mol. The molecule has 1 amide bonds. The second-order valence-electron chi connectivity index (χ2n) is 6.16. The third kappa shape index (κ3) is 4.64. The van der Waals surface area contributed by atoms with Gasteiger partial charge in [-0.25, -0.2) is 10.4 Å². The maximum Gasteiger partial charge on any atom is 0.310 e. The lowest BCUT2D eigenvalue weighted by molar-refractivity contribution is -0.385. The number of nitrogens with zero attached hydrogens (tertiary/aromatic N) is 4. The van der Waals surface area contributed by atoms with Crippen LogP contribution in [0.15, 0.2) is 59.8 Å². The number of nitrogens with one attached hydrogen (secondary N) is 1. The second-order valence-corrected chi connectivity index (χ2v) is 6.16. The van der Waals surface area contributed by atoms with Crippen molar-refractivity contribution in [3.8, 4) is 11.6 Å². The fourth-order valence-electron chi connectivity index (χ4n) is 2.84. The summed E-state index contributed by atoms with van der Waals surface area (Å²) in [7, 11) is 0. The quantitative estimate of drug-likeness (QED) is 0.377. The van der Waals surface area contributed by atoms with E-state index in [-0.39, 0.29) is 11.4 Å². The SMILES string of the molecule is Cc1cc(/C=N/NC(=O)COc2ccccc2[N+](=O)[O-])c(C)n1-c1ccccn1. The number of hydrogen-bond donors (Lipinski definition) is 1. The van der Waals surface area contributed by atoms with Crippen molar-refractivity contribution in [3.63, 3.8) is 0 Å². The van der Waals surface area contributed by atoms with Gasteiger partial charge in [-0.15, -0.1) is 0 Å². The molecule has 29 heavy (non-hydrogen) atoms. The molecule has 0 aliphatic heterocycles. The van der Waals surface area contributed by atoms with Gasteiger partial charge in [0, 0.05) is 29.2 Å². The summed E-state index contributed by atoms with van der Waals surface area (Å²) in [4.78, 5) is 26.7. The number of pyridine rings is 1. The molecule has 0 spiro atoms. The molecule has 0 unspecified atom stereocenters. The highest BCUT2D eigenvalue weighted by molar-refractivity contribution is 5.84. The minimum Gasteiger partial charge on any atom is -0.477 e. The molecule has 0 saturated heterocycles. The Morgan fingerprint density at radius 2 is 2.03 bits per heavy atom. The standard InChI is InChI=1S/C20H19N5O4/c1-14-11-16(15(2)24(14)19-9-5-6-10-21-19)12-22-23-20(26)13-29-18-8-4-3-7-17(18)25(27)28/h3-12H,13H2,1-2H3,(H,23,26)/b22-12+. The van der Waals surface area contributed by atoms with Crippen molar-refractivity contribution in [3.05, 3.63) is 81.8 Å². The first-order valence-electron chi connectivity index (χ1n) is 8.76. The first-order valence-corrected chi connectivity index (χ1v) is 8.76. The van der Waals surface area contributed by atoms with E-state index in [1.807, 2.05) is 42.7 Å². The summed E-state index contributed by atoms with van der Waals surface area (Å²) in [5, 5.41) is 14.9. The Balaban J connectivity index is 1.62. The van der Waals surface area contributed by atoms with Crippen LogP contribution in [0.5, 0.6) is 5.75 Å². The number of hydrogen-bond acceptors (Lipinski definition) is 6. The van der Waals surface area contributed by atoms with Crippen LogP contribution in [-0.2, 0) is 4.79 Å². The summed E-state index contributed by atoms with van der Waals surface area (Å²) in [6, 6.07) is 13.5. The molecule has 2 heterocycles. The largest absolute Gasteiger partial charge is 0.477 e. The zero-order valence-corrected chi connectivity index (χ0v) is 15.9. The number of para-hydroxylation sites is 2. The number of aromatic nitrogens is 2. The molecular formula is C20H19N5O4. The summed E-state index contributed by atoms with van der Waals surface area (Å²) in [6.07, 6.45) is 3.25. The van der Waals surface area contributed by atoms with E-state index in [9.17, 15) is 14.9 Å². The summed E-state index contributed by atoms with van der Waals surface area (Å²) in [5.74, 6) is 0.289. The van der Waals surface area contributed by atoms with Crippen LogP contribution < -0.4 is 10.2 Å². The summed E-state index contributed by atoms with van der Waals surface area (Å²) < 4.78 is 7.21. The van der Waals surface area contributed by atoms with Crippen LogP contribution in [0, 0.1) is 24.0 Å². The molecule has 148 valence electrons. The van der Waals surface area contributed by atoms with E-state index in [2.05, 4.69) is 15.5 Å². The molecule has 0 bridgehead atoms. The van der Waals surface area contributed by atoms with Crippen LogP contribution in [0.1, 0.15) is 17.0 Å². The Hall–Kier alpha value is -4.01. The van der Waals surface area contributed by atoms with Crippen LogP contribution in [0.25, 0.3) is 5.82 Å². The number of nitro groups is 1. The topological polar surface area (TPSA) is 112 Å². The van der Waals surface area contributed by atoms with Gasteiger partial charge in [-0.05, 0) is 38.1 Å². The van der Waals surface area contributed by atoms with Gasteiger partial charge in [0.05, 0.1) is 11.1 Å². The van der Waals surface area contributed by atoms with Gasteiger partial charge in [-0.2, -0.15) is 5.10 Å². The zero-order chi connectivity index (χ0) is 20.8. The molecule has 0 saturated carbocycles. The van der Waals surface area contributed by atoms with Crippen molar-refractivity contribution < 1.29 is 14.5 Å². The fourth-order valence-corrected chi connectivity index (χ4v) is 2.84. The number of ether oxygens (including phenoxy) is 1. The Morgan fingerprint density at radius 3 is 2.76 bits per heavy atom. The number of benzene rings is 1. The highest BCUT2D eigenvalue weighted by Crippen LogP contribution is 2.25. The first kappa shape index (κ1) is 19.7. The molecule has 0 fully saturated rings. The van der Waals surface area contributed by atoms with Crippen LogP contribution >= 0.6 is 0 Å². The Kier molecular flexibility index (Phi) is 5.98. The Labute approximate surface area is 166 Å². The maximum absolute atomic E-state index is 11.9. The summed E-state index contributed by atoms with van der Waals surface area (Å²) >= 11 is 0. The van der Waals surface area contributed by atoms with Crippen molar-refractivity contribution >= 4 is 17.8 Å². The molecule has 2 aromatic heterocycles. The number of carbonyl (C=O) groups excluding carboxylic acids is 1. The summed E-state index contributed by atoms with van der Waals surface area (Å²) in [6.45, 7) is 3.50. The zero-order valence-electron chi connectivity index (χ0n) is 15.9. The highest BCUT2D eigenvalue weighted by Gasteiger charge is 2.15. The monoisotopic (exact) mass is 393 g/mol. The van der Waals surface area contributed by atoms with Gasteiger partial charge >= 0.3 is 5.69 Å². The van der Waals surface area contributed by atoms with E-state index in [0.717, 1.165) is 22.8 Å². The lowest BCUT2D eigenvalue weighted by Crippen LogP contribution is -2.24. The van der Waals surface area contributed by atoms with Crippen molar-refractivity contribution in [2.75, 3.05) is 6.61 Å². The van der Waals surface area contributed by atoms with Crippen LogP contribution in [-0.4, -0.2) is 33.2 Å². The second kappa shape index (κ2) is 8.79. The van der Waals surface area contributed by atoms with E-state index in [0.29, 0.717) is 0 Å². The first-order chi connectivity index (χ1) is 14.0. The van der Waals surface area contributed by atoms with Crippen molar-refractivity contribution in [1.29, 1.82) is 0 Å². The number of hydrazone groups is 1. The number of carbonyl (C=O) groups is 1. The molecule has 0 radical (unpaired) electrons.